The predicted molar refractivity (Wildman–Crippen MR) is 82.3 cm³/mol. The Bertz CT molecular complexity index is 552. The molecule has 0 atom stereocenters. The second-order valence-electron chi connectivity index (χ2n) is 4.76. The van der Waals surface area contributed by atoms with E-state index >= 15 is 0 Å². The minimum atomic E-state index is -0.0398. The molecule has 0 aliphatic heterocycles. The second-order valence-corrected chi connectivity index (χ2v) is 4.76. The zero-order valence-corrected chi connectivity index (χ0v) is 12.1. The molecule has 0 aliphatic carbocycles. The van der Waals surface area contributed by atoms with Crippen LogP contribution in [-0.2, 0) is 11.3 Å². The number of benzene rings is 1. The quantitative estimate of drug-likeness (QED) is 0.806. The van der Waals surface area contributed by atoms with Crippen LogP contribution in [0.25, 0.3) is 0 Å². The zero-order valence-electron chi connectivity index (χ0n) is 12.1. The lowest BCUT2D eigenvalue weighted by Crippen LogP contribution is -2.21. The minimum absolute atomic E-state index is 0.0398. The van der Waals surface area contributed by atoms with Crippen LogP contribution < -0.4 is 10.2 Å². The number of aliphatic hydroxyl groups excluding tert-OH is 1. The maximum absolute atomic E-state index is 11.8. The summed E-state index contributed by atoms with van der Waals surface area (Å²) in [5, 5.41) is 15.8. The van der Waals surface area contributed by atoms with Gasteiger partial charge in [-0.05, 0) is 30.3 Å². The summed E-state index contributed by atoms with van der Waals surface area (Å²) in [6.07, 6.45) is 3.91. The second kappa shape index (κ2) is 7.44. The van der Waals surface area contributed by atoms with E-state index in [1.807, 2.05) is 48.5 Å². The molecule has 2 aromatic rings. The van der Waals surface area contributed by atoms with Crippen molar-refractivity contribution in [3.8, 4) is 0 Å². The Morgan fingerprint density at radius 1 is 1.38 bits per heavy atom. The molecule has 2 rings (SSSR count). The Balaban J connectivity index is 1.83. The molecule has 1 aromatic carbocycles. The van der Waals surface area contributed by atoms with E-state index in [4.69, 9.17) is 5.11 Å². The van der Waals surface area contributed by atoms with Crippen molar-refractivity contribution in [1.82, 2.24) is 9.78 Å². The number of carbonyl (C=O) groups excluding carboxylic acids is 1. The number of rotatable bonds is 7. The Hall–Kier alpha value is -2.34. The van der Waals surface area contributed by atoms with E-state index in [9.17, 15) is 4.79 Å². The fourth-order valence-electron chi connectivity index (χ4n) is 1.95. The standard InChI is InChI=1S/C15H20N4O2/c1-18(11-12-20)14-5-3-13(4-6-14)17-15(21)7-10-19-9-2-8-16-19/h2-6,8-9,20H,7,10-12H2,1H3,(H,17,21). The first-order valence-corrected chi connectivity index (χ1v) is 6.88. The van der Waals surface area contributed by atoms with Gasteiger partial charge < -0.3 is 15.3 Å². The van der Waals surface area contributed by atoms with Gasteiger partial charge >= 0.3 is 0 Å². The molecule has 6 heteroatoms. The monoisotopic (exact) mass is 288 g/mol. The van der Waals surface area contributed by atoms with Crippen LogP contribution in [0.4, 0.5) is 11.4 Å². The number of aromatic nitrogens is 2. The molecular weight excluding hydrogens is 268 g/mol. The summed E-state index contributed by atoms with van der Waals surface area (Å²) in [6.45, 7) is 1.26. The number of amides is 1. The van der Waals surface area contributed by atoms with E-state index in [2.05, 4.69) is 10.4 Å². The number of hydrogen-bond donors (Lipinski definition) is 2. The molecule has 0 spiro atoms. The van der Waals surface area contributed by atoms with Crippen molar-refractivity contribution in [1.29, 1.82) is 0 Å². The van der Waals surface area contributed by atoms with E-state index in [0.717, 1.165) is 11.4 Å². The molecule has 6 nitrogen and oxygen atoms in total. The average molecular weight is 288 g/mol. The third kappa shape index (κ3) is 4.61. The number of nitrogens with zero attached hydrogens (tertiary/aromatic N) is 3. The third-order valence-corrected chi connectivity index (χ3v) is 3.15. The normalized spacial score (nSPS) is 10.4. The largest absolute Gasteiger partial charge is 0.395 e. The molecule has 0 saturated heterocycles. The Kier molecular flexibility index (Phi) is 5.34. The van der Waals surface area contributed by atoms with Gasteiger partial charge in [0.2, 0.25) is 5.91 Å². The van der Waals surface area contributed by atoms with Crippen LogP contribution in [-0.4, -0.2) is 41.0 Å². The van der Waals surface area contributed by atoms with Gasteiger partial charge in [-0.3, -0.25) is 9.48 Å². The molecule has 1 heterocycles. The molecule has 0 aliphatic rings. The van der Waals surface area contributed by atoms with Crippen LogP contribution in [0.15, 0.2) is 42.7 Å². The Morgan fingerprint density at radius 2 is 2.14 bits per heavy atom. The highest BCUT2D eigenvalue weighted by Crippen LogP contribution is 2.16. The van der Waals surface area contributed by atoms with Gasteiger partial charge in [0.1, 0.15) is 0 Å². The Morgan fingerprint density at radius 3 is 2.76 bits per heavy atom. The zero-order chi connectivity index (χ0) is 15.1. The van der Waals surface area contributed by atoms with Crippen LogP contribution in [0.3, 0.4) is 0 Å². The van der Waals surface area contributed by atoms with Crippen LogP contribution >= 0.6 is 0 Å². The van der Waals surface area contributed by atoms with E-state index in [1.165, 1.54) is 0 Å². The molecule has 1 amide bonds. The van der Waals surface area contributed by atoms with Crippen LogP contribution in [0, 0.1) is 0 Å². The maximum atomic E-state index is 11.8. The van der Waals surface area contributed by atoms with Gasteiger partial charge in [0, 0.05) is 50.3 Å². The summed E-state index contributed by atoms with van der Waals surface area (Å²) in [5.74, 6) is -0.0398. The first-order chi connectivity index (χ1) is 10.2. The van der Waals surface area contributed by atoms with Gasteiger partial charge in [-0.2, -0.15) is 5.10 Å². The molecule has 21 heavy (non-hydrogen) atoms. The number of anilines is 2. The third-order valence-electron chi connectivity index (χ3n) is 3.15. The molecule has 112 valence electrons. The van der Waals surface area contributed by atoms with Crippen LogP contribution in [0.1, 0.15) is 6.42 Å². The molecule has 2 N–H and O–H groups in total. The van der Waals surface area contributed by atoms with Crippen molar-refractivity contribution in [3.05, 3.63) is 42.7 Å². The van der Waals surface area contributed by atoms with Crippen molar-refractivity contribution in [2.75, 3.05) is 30.4 Å². The highest BCUT2D eigenvalue weighted by atomic mass is 16.3. The summed E-state index contributed by atoms with van der Waals surface area (Å²) in [4.78, 5) is 13.8. The van der Waals surface area contributed by atoms with Crippen molar-refractivity contribution in [2.24, 2.45) is 0 Å². The maximum Gasteiger partial charge on any atom is 0.226 e. The van der Waals surface area contributed by atoms with E-state index < -0.39 is 0 Å². The van der Waals surface area contributed by atoms with Crippen LogP contribution in [0.5, 0.6) is 0 Å². The van der Waals surface area contributed by atoms with Gasteiger partial charge in [0.15, 0.2) is 0 Å². The summed E-state index contributed by atoms with van der Waals surface area (Å²) in [5.41, 5.74) is 1.76. The molecular formula is C15H20N4O2. The lowest BCUT2D eigenvalue weighted by Gasteiger charge is -2.18. The summed E-state index contributed by atoms with van der Waals surface area (Å²) >= 11 is 0. The fraction of sp³-hybridized carbons (Fsp3) is 0.333. The number of likely N-dealkylation sites (N-methyl/N-ethyl adjacent to an activating group) is 1. The van der Waals surface area contributed by atoms with Crippen molar-refractivity contribution in [3.63, 3.8) is 0 Å². The number of aliphatic hydroxyl groups is 1. The van der Waals surface area contributed by atoms with Gasteiger partial charge in [0.25, 0.3) is 0 Å². The number of carbonyl (C=O) groups is 1. The molecule has 0 radical (unpaired) electrons. The lowest BCUT2D eigenvalue weighted by molar-refractivity contribution is -0.116. The van der Waals surface area contributed by atoms with Crippen molar-refractivity contribution >= 4 is 17.3 Å². The van der Waals surface area contributed by atoms with Gasteiger partial charge in [-0.1, -0.05) is 0 Å². The van der Waals surface area contributed by atoms with E-state index in [0.29, 0.717) is 19.5 Å². The molecule has 0 unspecified atom stereocenters. The molecule has 0 bridgehead atoms. The summed E-state index contributed by atoms with van der Waals surface area (Å²) in [7, 11) is 1.91. The number of aryl methyl sites for hydroxylation is 1. The summed E-state index contributed by atoms with van der Waals surface area (Å²) in [6, 6.07) is 9.38. The lowest BCUT2D eigenvalue weighted by atomic mass is 10.2. The first kappa shape index (κ1) is 15.1. The van der Waals surface area contributed by atoms with Gasteiger partial charge in [0.05, 0.1) is 6.61 Å². The fourth-order valence-corrected chi connectivity index (χ4v) is 1.95. The smallest absolute Gasteiger partial charge is 0.226 e. The van der Waals surface area contributed by atoms with Crippen molar-refractivity contribution < 1.29 is 9.90 Å². The highest BCUT2D eigenvalue weighted by Gasteiger charge is 2.04. The number of nitrogens with one attached hydrogen (secondary N) is 1. The Labute approximate surface area is 124 Å². The minimum Gasteiger partial charge on any atom is -0.395 e. The first-order valence-electron chi connectivity index (χ1n) is 6.88. The van der Waals surface area contributed by atoms with Crippen molar-refractivity contribution in [2.45, 2.75) is 13.0 Å². The molecule has 1 aromatic heterocycles. The average Bonchev–Trinajstić information content (AvgIpc) is 2.99. The molecule has 0 fully saturated rings. The SMILES string of the molecule is CN(CCO)c1ccc(NC(=O)CCn2cccn2)cc1. The molecule has 0 saturated carbocycles. The predicted octanol–water partition coefficient (Wildman–Crippen LogP) is 1.34. The van der Waals surface area contributed by atoms with Gasteiger partial charge in [-0.25, -0.2) is 0 Å². The topological polar surface area (TPSA) is 70.4 Å². The van der Waals surface area contributed by atoms with Gasteiger partial charge in [-0.15, -0.1) is 0 Å². The van der Waals surface area contributed by atoms with E-state index in [1.54, 1.807) is 10.9 Å². The summed E-state index contributed by atoms with van der Waals surface area (Å²) < 4.78 is 1.73. The van der Waals surface area contributed by atoms with Crippen LogP contribution in [0.2, 0.25) is 0 Å². The number of hydrogen-bond acceptors (Lipinski definition) is 4. The highest BCUT2D eigenvalue weighted by molar-refractivity contribution is 5.90. The van der Waals surface area contributed by atoms with E-state index in [-0.39, 0.29) is 12.5 Å².